The minimum Gasteiger partial charge on any atom is -0.457 e. The van der Waals surface area contributed by atoms with Gasteiger partial charge in [0.05, 0.1) is 0 Å². The minimum atomic E-state index is -0.299. The standard InChI is InChI=1S/C17H19BrFNO/c1-4-20-12(3)15-8-6-13(18)9-17(15)21-16-10-14(19)7-5-11(16)2/h5-10,12,20H,4H2,1-3H3. The van der Waals surface area contributed by atoms with E-state index in [1.54, 1.807) is 6.07 Å². The molecule has 0 spiro atoms. The molecule has 0 aliphatic carbocycles. The molecule has 0 amide bonds. The second-order valence-electron chi connectivity index (χ2n) is 4.97. The lowest BCUT2D eigenvalue weighted by atomic mass is 10.1. The second-order valence-corrected chi connectivity index (χ2v) is 5.89. The fraction of sp³-hybridized carbons (Fsp3) is 0.294. The van der Waals surface area contributed by atoms with Gasteiger partial charge < -0.3 is 10.1 Å². The van der Waals surface area contributed by atoms with Crippen LogP contribution in [0.4, 0.5) is 4.39 Å². The van der Waals surface area contributed by atoms with Gasteiger partial charge in [0, 0.05) is 22.1 Å². The van der Waals surface area contributed by atoms with Crippen LogP contribution in [0.2, 0.25) is 0 Å². The van der Waals surface area contributed by atoms with Crippen LogP contribution in [0.3, 0.4) is 0 Å². The summed E-state index contributed by atoms with van der Waals surface area (Å²) in [5.41, 5.74) is 1.95. The third-order valence-electron chi connectivity index (χ3n) is 3.32. The summed E-state index contributed by atoms with van der Waals surface area (Å²) < 4.78 is 20.3. The zero-order valence-electron chi connectivity index (χ0n) is 12.4. The van der Waals surface area contributed by atoms with Gasteiger partial charge in [0.25, 0.3) is 0 Å². The lowest BCUT2D eigenvalue weighted by Crippen LogP contribution is -2.18. The Morgan fingerprint density at radius 1 is 1.19 bits per heavy atom. The van der Waals surface area contributed by atoms with Crippen LogP contribution in [0.5, 0.6) is 11.5 Å². The quantitative estimate of drug-likeness (QED) is 0.782. The summed E-state index contributed by atoms with van der Waals surface area (Å²) in [6.07, 6.45) is 0. The summed E-state index contributed by atoms with van der Waals surface area (Å²) in [5.74, 6) is 0.969. The summed E-state index contributed by atoms with van der Waals surface area (Å²) in [6, 6.07) is 10.6. The van der Waals surface area contributed by atoms with Crippen molar-refractivity contribution in [1.29, 1.82) is 0 Å². The van der Waals surface area contributed by atoms with Gasteiger partial charge in [-0.2, -0.15) is 0 Å². The van der Waals surface area contributed by atoms with Crippen molar-refractivity contribution in [3.05, 3.63) is 57.8 Å². The molecule has 2 rings (SSSR count). The molecule has 2 nitrogen and oxygen atoms in total. The molecule has 4 heteroatoms. The number of halogens is 2. The highest BCUT2D eigenvalue weighted by Gasteiger charge is 2.13. The molecular weight excluding hydrogens is 333 g/mol. The summed E-state index contributed by atoms with van der Waals surface area (Å²) in [7, 11) is 0. The van der Waals surface area contributed by atoms with Gasteiger partial charge in [-0.3, -0.25) is 0 Å². The molecule has 0 radical (unpaired) electrons. The van der Waals surface area contributed by atoms with Crippen LogP contribution in [-0.2, 0) is 0 Å². The molecule has 1 atom stereocenters. The number of aryl methyl sites for hydroxylation is 1. The summed E-state index contributed by atoms with van der Waals surface area (Å²) >= 11 is 3.46. The first kappa shape index (κ1) is 16.0. The molecule has 0 fully saturated rings. The zero-order valence-corrected chi connectivity index (χ0v) is 14.0. The van der Waals surface area contributed by atoms with E-state index in [2.05, 4.69) is 35.1 Å². The van der Waals surface area contributed by atoms with Crippen molar-refractivity contribution < 1.29 is 9.13 Å². The Kier molecular flexibility index (Phi) is 5.37. The predicted octanol–water partition coefficient (Wildman–Crippen LogP) is 5.36. The molecule has 0 saturated heterocycles. The molecule has 0 aromatic heterocycles. The maximum Gasteiger partial charge on any atom is 0.133 e. The third kappa shape index (κ3) is 4.05. The first-order valence-corrected chi connectivity index (χ1v) is 7.77. The molecule has 0 heterocycles. The van der Waals surface area contributed by atoms with Gasteiger partial charge in [-0.1, -0.05) is 35.0 Å². The molecule has 2 aromatic rings. The average molecular weight is 352 g/mol. The molecule has 0 aliphatic heterocycles. The Morgan fingerprint density at radius 2 is 1.95 bits per heavy atom. The number of ether oxygens (including phenoxy) is 1. The van der Waals surface area contributed by atoms with Gasteiger partial charge in [0.2, 0.25) is 0 Å². The summed E-state index contributed by atoms with van der Waals surface area (Å²) in [6.45, 7) is 6.92. The largest absolute Gasteiger partial charge is 0.457 e. The van der Waals surface area contributed by atoms with Crippen molar-refractivity contribution in [2.24, 2.45) is 0 Å². The minimum absolute atomic E-state index is 0.159. The van der Waals surface area contributed by atoms with E-state index in [9.17, 15) is 4.39 Å². The first-order valence-electron chi connectivity index (χ1n) is 6.98. The Balaban J connectivity index is 2.38. The summed E-state index contributed by atoms with van der Waals surface area (Å²) in [4.78, 5) is 0. The Labute approximate surface area is 133 Å². The molecular formula is C17H19BrFNO. The Hall–Kier alpha value is -1.39. The van der Waals surface area contributed by atoms with E-state index in [0.717, 1.165) is 27.9 Å². The van der Waals surface area contributed by atoms with Gasteiger partial charge in [0.15, 0.2) is 0 Å². The normalized spacial score (nSPS) is 12.2. The number of hydrogen-bond acceptors (Lipinski definition) is 2. The van der Waals surface area contributed by atoms with Crippen molar-refractivity contribution in [2.45, 2.75) is 26.8 Å². The fourth-order valence-electron chi connectivity index (χ4n) is 2.17. The van der Waals surface area contributed by atoms with E-state index in [-0.39, 0.29) is 11.9 Å². The highest BCUT2D eigenvalue weighted by atomic mass is 79.9. The van der Waals surface area contributed by atoms with Crippen molar-refractivity contribution in [1.82, 2.24) is 5.32 Å². The number of benzene rings is 2. The number of rotatable bonds is 5. The second kappa shape index (κ2) is 7.05. The molecule has 1 N–H and O–H groups in total. The molecule has 0 saturated carbocycles. The lowest BCUT2D eigenvalue weighted by molar-refractivity contribution is 0.455. The Morgan fingerprint density at radius 3 is 2.67 bits per heavy atom. The Bertz CT molecular complexity index is 630. The highest BCUT2D eigenvalue weighted by Crippen LogP contribution is 2.33. The van der Waals surface area contributed by atoms with Crippen molar-refractivity contribution in [2.75, 3.05) is 6.54 Å². The third-order valence-corrected chi connectivity index (χ3v) is 3.82. The lowest BCUT2D eigenvalue weighted by Gasteiger charge is -2.18. The van der Waals surface area contributed by atoms with Crippen LogP contribution in [0, 0.1) is 12.7 Å². The van der Waals surface area contributed by atoms with Crippen LogP contribution < -0.4 is 10.1 Å². The van der Waals surface area contributed by atoms with E-state index < -0.39 is 0 Å². The molecule has 2 aromatic carbocycles. The van der Waals surface area contributed by atoms with Crippen LogP contribution in [0.1, 0.15) is 31.0 Å². The van der Waals surface area contributed by atoms with Crippen LogP contribution in [0.25, 0.3) is 0 Å². The van der Waals surface area contributed by atoms with E-state index in [4.69, 9.17) is 4.74 Å². The van der Waals surface area contributed by atoms with Gasteiger partial charge in [0.1, 0.15) is 17.3 Å². The van der Waals surface area contributed by atoms with Gasteiger partial charge >= 0.3 is 0 Å². The number of hydrogen-bond donors (Lipinski definition) is 1. The topological polar surface area (TPSA) is 21.3 Å². The molecule has 1 unspecified atom stereocenters. The monoisotopic (exact) mass is 351 g/mol. The van der Waals surface area contributed by atoms with Crippen LogP contribution >= 0.6 is 15.9 Å². The fourth-order valence-corrected chi connectivity index (χ4v) is 2.51. The SMILES string of the molecule is CCNC(C)c1ccc(Br)cc1Oc1cc(F)ccc1C. The number of nitrogens with one attached hydrogen (secondary N) is 1. The van der Waals surface area contributed by atoms with E-state index in [1.165, 1.54) is 12.1 Å². The smallest absolute Gasteiger partial charge is 0.133 e. The summed E-state index contributed by atoms with van der Waals surface area (Å²) in [5, 5.41) is 3.36. The van der Waals surface area contributed by atoms with E-state index in [0.29, 0.717) is 5.75 Å². The van der Waals surface area contributed by atoms with Gasteiger partial charge in [-0.15, -0.1) is 0 Å². The zero-order chi connectivity index (χ0) is 15.4. The maximum absolute atomic E-state index is 13.4. The maximum atomic E-state index is 13.4. The van der Waals surface area contributed by atoms with Crippen molar-refractivity contribution in [3.8, 4) is 11.5 Å². The van der Waals surface area contributed by atoms with Crippen LogP contribution in [-0.4, -0.2) is 6.54 Å². The molecule has 112 valence electrons. The van der Waals surface area contributed by atoms with Crippen molar-refractivity contribution >= 4 is 15.9 Å². The van der Waals surface area contributed by atoms with Crippen LogP contribution in [0.15, 0.2) is 40.9 Å². The molecule has 0 bridgehead atoms. The van der Waals surface area contributed by atoms with Gasteiger partial charge in [-0.05, 0) is 44.2 Å². The molecule has 0 aliphatic rings. The predicted molar refractivity (Wildman–Crippen MR) is 87.4 cm³/mol. The van der Waals surface area contributed by atoms with E-state index in [1.807, 2.05) is 25.1 Å². The molecule has 21 heavy (non-hydrogen) atoms. The first-order chi connectivity index (χ1) is 10.0. The average Bonchev–Trinajstić information content (AvgIpc) is 2.43. The highest BCUT2D eigenvalue weighted by molar-refractivity contribution is 9.10. The van der Waals surface area contributed by atoms with E-state index >= 15 is 0 Å². The van der Waals surface area contributed by atoms with Crippen molar-refractivity contribution in [3.63, 3.8) is 0 Å². The van der Waals surface area contributed by atoms with Gasteiger partial charge in [-0.25, -0.2) is 4.39 Å².